The molecule has 1 fully saturated rings. The van der Waals surface area contributed by atoms with Gasteiger partial charge >= 0.3 is 0 Å². The monoisotopic (exact) mass is 150 g/mol. The van der Waals surface area contributed by atoms with Gasteiger partial charge in [0, 0.05) is 0 Å². The van der Waals surface area contributed by atoms with Crippen LogP contribution in [0.3, 0.4) is 0 Å². The third-order valence-electron chi connectivity index (χ3n) is 2.26. The van der Waals surface area contributed by atoms with E-state index in [-0.39, 0.29) is 0 Å². The number of likely N-dealkylation sites (tertiary alicyclic amines) is 1. The highest BCUT2D eigenvalue weighted by Gasteiger charge is 2.15. The standard InChI is InChI=1S/C9H14N2/c1-2-9-3-6-11(7-4-9)8-5-10/h2,9H,1,3-4,6-8H2. The van der Waals surface area contributed by atoms with Crippen LogP contribution < -0.4 is 0 Å². The first-order valence-corrected chi connectivity index (χ1v) is 4.08. The summed E-state index contributed by atoms with van der Waals surface area (Å²) >= 11 is 0. The largest absolute Gasteiger partial charge is 0.291 e. The lowest BCUT2D eigenvalue weighted by Gasteiger charge is -2.28. The minimum atomic E-state index is 0.587. The summed E-state index contributed by atoms with van der Waals surface area (Å²) in [5.74, 6) is 0.685. The second-order valence-electron chi connectivity index (χ2n) is 3.01. The van der Waals surface area contributed by atoms with Gasteiger partial charge in [-0.3, -0.25) is 4.90 Å². The van der Waals surface area contributed by atoms with Crippen LogP contribution in [0.4, 0.5) is 0 Å². The Morgan fingerprint density at radius 1 is 1.55 bits per heavy atom. The summed E-state index contributed by atoms with van der Waals surface area (Å²) in [5.41, 5.74) is 0. The van der Waals surface area contributed by atoms with Crippen LogP contribution in [0.2, 0.25) is 0 Å². The quantitative estimate of drug-likeness (QED) is 0.439. The highest BCUT2D eigenvalue weighted by Crippen LogP contribution is 2.16. The highest BCUT2D eigenvalue weighted by molar-refractivity contribution is 4.86. The third kappa shape index (κ3) is 2.36. The number of piperidine rings is 1. The molecule has 1 rings (SSSR count). The normalized spacial score (nSPS) is 21.0. The lowest BCUT2D eigenvalue weighted by molar-refractivity contribution is 0.225. The Labute approximate surface area is 68.1 Å². The zero-order valence-corrected chi connectivity index (χ0v) is 6.79. The van der Waals surface area contributed by atoms with Gasteiger partial charge in [-0.25, -0.2) is 0 Å². The second kappa shape index (κ2) is 4.15. The SMILES string of the molecule is C=CC1CCN(CC#N)CC1. The zero-order chi connectivity index (χ0) is 8.10. The van der Waals surface area contributed by atoms with Gasteiger partial charge in [0.1, 0.15) is 0 Å². The van der Waals surface area contributed by atoms with E-state index in [1.54, 1.807) is 0 Å². The molecule has 0 aliphatic carbocycles. The van der Waals surface area contributed by atoms with E-state index in [0.717, 1.165) is 13.1 Å². The van der Waals surface area contributed by atoms with Gasteiger partial charge in [0.05, 0.1) is 12.6 Å². The summed E-state index contributed by atoms with van der Waals surface area (Å²) in [6.45, 7) is 6.48. The molecule has 0 unspecified atom stereocenters. The van der Waals surface area contributed by atoms with Gasteiger partial charge in [0.25, 0.3) is 0 Å². The van der Waals surface area contributed by atoms with Crippen molar-refractivity contribution in [2.75, 3.05) is 19.6 Å². The smallest absolute Gasteiger partial charge is 0.0865 e. The summed E-state index contributed by atoms with van der Waals surface area (Å²) in [5, 5.41) is 8.43. The van der Waals surface area contributed by atoms with Gasteiger partial charge in [-0.2, -0.15) is 5.26 Å². The van der Waals surface area contributed by atoms with E-state index in [1.807, 2.05) is 6.08 Å². The Kier molecular flexibility index (Phi) is 3.13. The first kappa shape index (κ1) is 8.29. The molecule has 1 heterocycles. The molecule has 0 spiro atoms. The van der Waals surface area contributed by atoms with E-state index in [4.69, 9.17) is 5.26 Å². The molecule has 1 aliphatic rings. The van der Waals surface area contributed by atoms with Gasteiger partial charge in [0.2, 0.25) is 0 Å². The number of nitriles is 1. The summed E-state index contributed by atoms with van der Waals surface area (Å²) in [6, 6.07) is 2.17. The average molecular weight is 150 g/mol. The molecule has 0 aromatic carbocycles. The van der Waals surface area contributed by atoms with Crippen LogP contribution in [0.5, 0.6) is 0 Å². The van der Waals surface area contributed by atoms with Gasteiger partial charge in [-0.1, -0.05) is 6.08 Å². The van der Waals surface area contributed by atoms with Crippen molar-refractivity contribution >= 4 is 0 Å². The van der Waals surface area contributed by atoms with Crippen LogP contribution in [0, 0.1) is 17.2 Å². The Hall–Kier alpha value is -0.810. The summed E-state index contributed by atoms with van der Waals surface area (Å²) in [4.78, 5) is 2.19. The lowest BCUT2D eigenvalue weighted by atomic mass is 9.97. The van der Waals surface area contributed by atoms with Crippen LogP contribution in [0.1, 0.15) is 12.8 Å². The Morgan fingerprint density at radius 2 is 2.18 bits per heavy atom. The maximum atomic E-state index is 8.43. The molecule has 2 heteroatoms. The molecular weight excluding hydrogens is 136 g/mol. The van der Waals surface area contributed by atoms with Crippen molar-refractivity contribution in [2.24, 2.45) is 5.92 Å². The number of allylic oxidation sites excluding steroid dienone is 1. The van der Waals surface area contributed by atoms with Gasteiger partial charge in [-0.15, -0.1) is 6.58 Å². The topological polar surface area (TPSA) is 27.0 Å². The minimum absolute atomic E-state index is 0.587. The average Bonchev–Trinajstić information content (AvgIpc) is 2.07. The fourth-order valence-electron chi connectivity index (χ4n) is 1.45. The molecule has 1 saturated heterocycles. The molecule has 0 aromatic rings. The molecule has 0 radical (unpaired) electrons. The van der Waals surface area contributed by atoms with Gasteiger partial charge in [-0.05, 0) is 31.8 Å². The molecule has 60 valence electrons. The van der Waals surface area contributed by atoms with Crippen LogP contribution in [-0.2, 0) is 0 Å². The Bertz CT molecular complexity index is 161. The fraction of sp³-hybridized carbons (Fsp3) is 0.667. The first-order chi connectivity index (χ1) is 5.36. The van der Waals surface area contributed by atoms with E-state index in [2.05, 4.69) is 17.5 Å². The van der Waals surface area contributed by atoms with Crippen LogP contribution in [0.15, 0.2) is 12.7 Å². The fourth-order valence-corrected chi connectivity index (χ4v) is 1.45. The maximum absolute atomic E-state index is 8.43. The van der Waals surface area contributed by atoms with Gasteiger partial charge in [0.15, 0.2) is 0 Å². The maximum Gasteiger partial charge on any atom is 0.0865 e. The molecule has 0 saturated carbocycles. The lowest BCUT2D eigenvalue weighted by Crippen LogP contribution is -2.33. The molecule has 0 N–H and O–H groups in total. The minimum Gasteiger partial charge on any atom is -0.291 e. The van der Waals surface area contributed by atoms with Crippen molar-refractivity contribution in [3.63, 3.8) is 0 Å². The number of hydrogen-bond acceptors (Lipinski definition) is 2. The Balaban J connectivity index is 2.25. The summed E-state index contributed by atoms with van der Waals surface area (Å²) in [6.07, 6.45) is 4.38. The molecular formula is C9H14N2. The summed E-state index contributed by atoms with van der Waals surface area (Å²) in [7, 11) is 0. The molecule has 0 amide bonds. The molecule has 11 heavy (non-hydrogen) atoms. The Morgan fingerprint density at radius 3 is 2.64 bits per heavy atom. The van der Waals surface area contributed by atoms with Crippen molar-refractivity contribution in [3.8, 4) is 6.07 Å². The summed E-state index contributed by atoms with van der Waals surface area (Å²) < 4.78 is 0. The van der Waals surface area contributed by atoms with E-state index >= 15 is 0 Å². The molecule has 1 aliphatic heterocycles. The first-order valence-electron chi connectivity index (χ1n) is 4.08. The van der Waals surface area contributed by atoms with Crippen molar-refractivity contribution < 1.29 is 0 Å². The van der Waals surface area contributed by atoms with Crippen LogP contribution >= 0.6 is 0 Å². The van der Waals surface area contributed by atoms with Crippen molar-refractivity contribution in [3.05, 3.63) is 12.7 Å². The van der Waals surface area contributed by atoms with Crippen molar-refractivity contribution in [1.82, 2.24) is 4.90 Å². The predicted octanol–water partition coefficient (Wildman–Crippen LogP) is 1.41. The van der Waals surface area contributed by atoms with E-state index in [1.165, 1.54) is 12.8 Å². The van der Waals surface area contributed by atoms with Gasteiger partial charge < -0.3 is 0 Å². The number of nitrogens with zero attached hydrogens (tertiary/aromatic N) is 2. The molecule has 2 nitrogen and oxygen atoms in total. The predicted molar refractivity (Wildman–Crippen MR) is 45.0 cm³/mol. The highest BCUT2D eigenvalue weighted by atomic mass is 15.1. The van der Waals surface area contributed by atoms with Crippen molar-refractivity contribution in [1.29, 1.82) is 5.26 Å². The van der Waals surface area contributed by atoms with Crippen molar-refractivity contribution in [2.45, 2.75) is 12.8 Å². The second-order valence-corrected chi connectivity index (χ2v) is 3.01. The molecule has 0 bridgehead atoms. The number of rotatable bonds is 2. The van der Waals surface area contributed by atoms with Crippen LogP contribution in [-0.4, -0.2) is 24.5 Å². The number of hydrogen-bond donors (Lipinski definition) is 0. The zero-order valence-electron chi connectivity index (χ0n) is 6.79. The molecule has 0 aromatic heterocycles. The van der Waals surface area contributed by atoms with E-state index in [9.17, 15) is 0 Å². The van der Waals surface area contributed by atoms with Crippen LogP contribution in [0.25, 0.3) is 0 Å². The van der Waals surface area contributed by atoms with E-state index < -0.39 is 0 Å². The molecule has 0 atom stereocenters. The third-order valence-corrected chi connectivity index (χ3v) is 2.26. The van der Waals surface area contributed by atoms with E-state index in [0.29, 0.717) is 12.5 Å².